The molecule has 1 heterocycles. The van der Waals surface area contributed by atoms with Gasteiger partial charge >= 0.3 is 0 Å². The molecule has 0 aliphatic rings. The predicted octanol–water partition coefficient (Wildman–Crippen LogP) is 0.999. The third kappa shape index (κ3) is 2.20. The molecule has 0 unspecified atom stereocenters. The summed E-state index contributed by atoms with van der Waals surface area (Å²) in [5.41, 5.74) is 7.65. The van der Waals surface area contributed by atoms with Crippen LogP contribution in [-0.4, -0.2) is 31.5 Å². The second-order valence-corrected chi connectivity index (χ2v) is 4.12. The van der Waals surface area contributed by atoms with Crippen LogP contribution in [0.25, 0.3) is 10.8 Å². The van der Waals surface area contributed by atoms with Crippen LogP contribution in [0.4, 0.5) is 11.4 Å². The Balaban J connectivity index is 2.39. The van der Waals surface area contributed by atoms with E-state index in [2.05, 4.69) is 10.3 Å². The zero-order chi connectivity index (χ0) is 13.1. The number of fused-ring (bicyclic) bond motifs is 1. The van der Waals surface area contributed by atoms with Gasteiger partial charge in [-0.25, -0.2) is 0 Å². The molecule has 0 aliphatic carbocycles. The molecule has 0 saturated heterocycles. The maximum absolute atomic E-state index is 11.4. The van der Waals surface area contributed by atoms with Crippen LogP contribution in [0.5, 0.6) is 0 Å². The van der Waals surface area contributed by atoms with Crippen molar-refractivity contribution in [2.45, 2.75) is 0 Å². The van der Waals surface area contributed by atoms with Gasteiger partial charge in [-0.3, -0.25) is 9.78 Å². The van der Waals surface area contributed by atoms with Crippen molar-refractivity contribution in [2.24, 2.45) is 0 Å². The highest BCUT2D eigenvalue weighted by Gasteiger charge is 2.11. The zero-order valence-corrected chi connectivity index (χ0v) is 10.5. The number of nitrogen functional groups attached to an aromatic ring is 1. The number of rotatable bonds is 3. The molecular formula is C13H16N4O. The van der Waals surface area contributed by atoms with E-state index in [0.29, 0.717) is 5.69 Å². The third-order valence-corrected chi connectivity index (χ3v) is 2.91. The van der Waals surface area contributed by atoms with Crippen LogP contribution >= 0.6 is 0 Å². The lowest BCUT2D eigenvalue weighted by Gasteiger charge is -2.21. The van der Waals surface area contributed by atoms with Crippen LogP contribution in [0.2, 0.25) is 0 Å². The number of benzene rings is 1. The van der Waals surface area contributed by atoms with E-state index in [1.165, 1.54) is 0 Å². The molecule has 0 saturated carbocycles. The van der Waals surface area contributed by atoms with Crippen molar-refractivity contribution in [1.29, 1.82) is 0 Å². The lowest BCUT2D eigenvalue weighted by atomic mass is 10.1. The highest BCUT2D eigenvalue weighted by atomic mass is 16.1. The minimum atomic E-state index is -0.0493. The van der Waals surface area contributed by atoms with E-state index in [4.69, 9.17) is 5.73 Å². The predicted molar refractivity (Wildman–Crippen MR) is 73.5 cm³/mol. The van der Waals surface area contributed by atoms with Crippen molar-refractivity contribution in [1.82, 2.24) is 10.3 Å². The number of nitrogens with two attached hydrogens (primary N) is 1. The summed E-state index contributed by atoms with van der Waals surface area (Å²) >= 11 is 0. The number of aromatic nitrogens is 1. The number of likely N-dealkylation sites (N-methyl/N-ethyl adjacent to an activating group) is 2. The van der Waals surface area contributed by atoms with Crippen molar-refractivity contribution in [3.8, 4) is 0 Å². The van der Waals surface area contributed by atoms with Crippen LogP contribution in [0, 0.1) is 0 Å². The van der Waals surface area contributed by atoms with Gasteiger partial charge in [0.1, 0.15) is 0 Å². The number of amides is 1. The summed E-state index contributed by atoms with van der Waals surface area (Å²) in [5, 5.41) is 4.53. The molecule has 1 aromatic heterocycles. The van der Waals surface area contributed by atoms with Gasteiger partial charge in [0.05, 0.1) is 17.9 Å². The molecule has 3 N–H and O–H groups in total. The Bertz CT molecular complexity index is 582. The molecule has 0 radical (unpaired) electrons. The SMILES string of the molecule is CNC(=O)CN(C)c1ccc2cnccc2c1N. The first kappa shape index (κ1) is 12.2. The van der Waals surface area contributed by atoms with Gasteiger partial charge in [0.25, 0.3) is 0 Å². The maximum Gasteiger partial charge on any atom is 0.239 e. The van der Waals surface area contributed by atoms with E-state index in [0.717, 1.165) is 16.5 Å². The van der Waals surface area contributed by atoms with E-state index in [9.17, 15) is 4.79 Å². The molecule has 5 heteroatoms. The fourth-order valence-electron chi connectivity index (χ4n) is 1.89. The summed E-state index contributed by atoms with van der Waals surface area (Å²) in [6, 6.07) is 5.73. The van der Waals surface area contributed by atoms with Crippen LogP contribution in [-0.2, 0) is 4.79 Å². The lowest BCUT2D eigenvalue weighted by Crippen LogP contribution is -2.33. The van der Waals surface area contributed by atoms with Crippen molar-refractivity contribution >= 4 is 28.1 Å². The van der Waals surface area contributed by atoms with E-state index in [1.807, 2.05) is 30.1 Å². The van der Waals surface area contributed by atoms with E-state index in [-0.39, 0.29) is 12.5 Å². The van der Waals surface area contributed by atoms with Gasteiger partial charge in [0.15, 0.2) is 0 Å². The van der Waals surface area contributed by atoms with Gasteiger partial charge in [-0.1, -0.05) is 6.07 Å². The van der Waals surface area contributed by atoms with Gasteiger partial charge in [-0.2, -0.15) is 0 Å². The van der Waals surface area contributed by atoms with E-state index >= 15 is 0 Å². The topological polar surface area (TPSA) is 71.2 Å². The number of hydrogen-bond acceptors (Lipinski definition) is 4. The van der Waals surface area contributed by atoms with Crippen LogP contribution in [0.15, 0.2) is 30.6 Å². The fraction of sp³-hybridized carbons (Fsp3) is 0.231. The molecular weight excluding hydrogens is 228 g/mol. The molecule has 2 aromatic rings. The van der Waals surface area contributed by atoms with Crippen molar-refractivity contribution in [3.63, 3.8) is 0 Å². The van der Waals surface area contributed by atoms with Gasteiger partial charge < -0.3 is 16.0 Å². The number of pyridine rings is 1. The number of anilines is 2. The first-order valence-electron chi connectivity index (χ1n) is 5.67. The largest absolute Gasteiger partial charge is 0.397 e. The van der Waals surface area contributed by atoms with Crippen LogP contribution in [0.1, 0.15) is 0 Å². The first-order chi connectivity index (χ1) is 8.63. The highest BCUT2D eigenvalue weighted by Crippen LogP contribution is 2.30. The first-order valence-corrected chi connectivity index (χ1v) is 5.67. The highest BCUT2D eigenvalue weighted by molar-refractivity contribution is 5.99. The Hall–Kier alpha value is -2.30. The van der Waals surface area contributed by atoms with Gasteiger partial charge in [-0.05, 0) is 12.1 Å². The minimum absolute atomic E-state index is 0.0493. The molecule has 18 heavy (non-hydrogen) atoms. The second kappa shape index (κ2) is 4.91. The summed E-state index contributed by atoms with van der Waals surface area (Å²) in [6.07, 6.45) is 3.48. The number of hydrogen-bond donors (Lipinski definition) is 2. The maximum atomic E-state index is 11.4. The van der Waals surface area contributed by atoms with E-state index in [1.54, 1.807) is 19.4 Å². The Morgan fingerprint density at radius 3 is 2.94 bits per heavy atom. The molecule has 0 spiro atoms. The standard InChI is InChI=1S/C13H16N4O/c1-15-12(18)8-17(2)11-4-3-9-7-16-6-5-10(9)13(11)14/h3-7H,8,14H2,1-2H3,(H,15,18). The Morgan fingerprint density at radius 1 is 1.44 bits per heavy atom. The third-order valence-electron chi connectivity index (χ3n) is 2.91. The number of carbonyl (C=O) groups is 1. The monoisotopic (exact) mass is 244 g/mol. The number of nitrogens with one attached hydrogen (secondary N) is 1. The molecule has 1 amide bonds. The normalized spacial score (nSPS) is 10.3. The fourth-order valence-corrected chi connectivity index (χ4v) is 1.89. The summed E-state index contributed by atoms with van der Waals surface area (Å²) in [4.78, 5) is 17.3. The number of nitrogens with zero attached hydrogens (tertiary/aromatic N) is 2. The summed E-state index contributed by atoms with van der Waals surface area (Å²) in [7, 11) is 3.46. The Morgan fingerprint density at radius 2 is 2.22 bits per heavy atom. The smallest absolute Gasteiger partial charge is 0.239 e. The molecule has 0 fully saturated rings. The summed E-state index contributed by atoms with van der Waals surface area (Å²) < 4.78 is 0. The number of carbonyl (C=O) groups excluding carboxylic acids is 1. The van der Waals surface area contributed by atoms with Gasteiger partial charge in [0, 0.05) is 37.3 Å². The lowest BCUT2D eigenvalue weighted by molar-refractivity contribution is -0.119. The Labute approximate surface area is 106 Å². The van der Waals surface area contributed by atoms with E-state index < -0.39 is 0 Å². The second-order valence-electron chi connectivity index (χ2n) is 4.12. The summed E-state index contributed by atoms with van der Waals surface area (Å²) in [5.74, 6) is -0.0493. The average molecular weight is 244 g/mol. The van der Waals surface area contributed by atoms with Crippen LogP contribution < -0.4 is 16.0 Å². The van der Waals surface area contributed by atoms with Crippen molar-refractivity contribution in [3.05, 3.63) is 30.6 Å². The van der Waals surface area contributed by atoms with Gasteiger partial charge in [-0.15, -0.1) is 0 Å². The molecule has 5 nitrogen and oxygen atoms in total. The van der Waals surface area contributed by atoms with Gasteiger partial charge in [0.2, 0.25) is 5.91 Å². The summed E-state index contributed by atoms with van der Waals surface area (Å²) in [6.45, 7) is 0.275. The molecule has 94 valence electrons. The zero-order valence-electron chi connectivity index (χ0n) is 10.5. The van der Waals surface area contributed by atoms with Crippen molar-refractivity contribution in [2.75, 3.05) is 31.3 Å². The quantitative estimate of drug-likeness (QED) is 0.790. The molecule has 2 rings (SSSR count). The molecule has 0 atom stereocenters. The van der Waals surface area contributed by atoms with Crippen molar-refractivity contribution < 1.29 is 4.79 Å². The molecule has 1 aromatic carbocycles. The average Bonchev–Trinajstić information content (AvgIpc) is 2.39. The Kier molecular flexibility index (Phi) is 3.32. The molecule has 0 bridgehead atoms. The molecule has 0 aliphatic heterocycles. The minimum Gasteiger partial charge on any atom is -0.397 e. The van der Waals surface area contributed by atoms with Crippen LogP contribution in [0.3, 0.4) is 0 Å².